The zero-order valence-electron chi connectivity index (χ0n) is 10.8. The predicted octanol–water partition coefficient (Wildman–Crippen LogP) is -1.97. The molecule has 0 spiro atoms. The molecule has 12 nitrogen and oxygen atoms in total. The highest BCUT2D eigenvalue weighted by atomic mass is 16.2. The van der Waals surface area contributed by atoms with Crippen LogP contribution in [0.5, 0.6) is 0 Å². The van der Waals surface area contributed by atoms with E-state index in [0.29, 0.717) is 0 Å². The second-order valence-electron chi connectivity index (χ2n) is 4.42. The minimum Gasteiger partial charge on any atom is -0.383 e. The van der Waals surface area contributed by atoms with Crippen LogP contribution in [0.4, 0.5) is 11.6 Å². The first-order chi connectivity index (χ1) is 10.6. The van der Waals surface area contributed by atoms with Gasteiger partial charge in [-0.1, -0.05) is 0 Å². The van der Waals surface area contributed by atoms with Crippen molar-refractivity contribution >= 4 is 34.0 Å². The number of hydrogen-bond donors (Lipinski definition) is 4. The highest BCUT2D eigenvalue weighted by Crippen LogP contribution is 2.16. The fourth-order valence-electron chi connectivity index (χ4n) is 2.20. The van der Waals surface area contributed by atoms with Gasteiger partial charge in [-0.15, -0.1) is 0 Å². The lowest BCUT2D eigenvalue weighted by Gasteiger charge is -2.04. The molecule has 22 heavy (non-hydrogen) atoms. The quantitative estimate of drug-likeness (QED) is 0.312. The third-order valence-electron chi connectivity index (χ3n) is 3.13. The number of H-pyrrole nitrogens is 2. The molecule has 0 radical (unpaired) electrons. The van der Waals surface area contributed by atoms with Gasteiger partial charge < -0.3 is 11.5 Å². The molecule has 0 bridgehead atoms. The van der Waals surface area contributed by atoms with Crippen molar-refractivity contribution in [2.75, 3.05) is 11.5 Å². The van der Waals surface area contributed by atoms with Crippen LogP contribution >= 0.6 is 0 Å². The van der Waals surface area contributed by atoms with Gasteiger partial charge in [-0.25, -0.2) is 29.2 Å². The van der Waals surface area contributed by atoms with Crippen molar-refractivity contribution in [2.45, 2.75) is 0 Å². The molecule has 0 aliphatic heterocycles. The topological polar surface area (TPSA) is 179 Å². The summed E-state index contributed by atoms with van der Waals surface area (Å²) in [5.74, 6) is 0.173. The maximum atomic E-state index is 12.2. The van der Waals surface area contributed by atoms with Crippen molar-refractivity contribution in [1.29, 1.82) is 0 Å². The molecule has 4 aromatic rings. The van der Waals surface area contributed by atoms with Gasteiger partial charge in [0.1, 0.15) is 29.5 Å². The van der Waals surface area contributed by atoms with Crippen LogP contribution in [-0.4, -0.2) is 39.3 Å². The van der Waals surface area contributed by atoms with Gasteiger partial charge in [0.25, 0.3) is 0 Å². The van der Waals surface area contributed by atoms with Crippen LogP contribution in [0.3, 0.4) is 0 Å². The monoisotopic (exact) mass is 300 g/mol. The number of nitrogens with one attached hydrogen (secondary N) is 2. The van der Waals surface area contributed by atoms with E-state index in [1.165, 1.54) is 17.3 Å². The Kier molecular flexibility index (Phi) is 2.14. The molecule has 0 aliphatic rings. The van der Waals surface area contributed by atoms with Gasteiger partial charge in [-0.05, 0) is 0 Å². The summed E-state index contributed by atoms with van der Waals surface area (Å²) in [7, 11) is 0. The number of aromatic nitrogens is 8. The Hall–Kier alpha value is -3.70. The highest BCUT2D eigenvalue weighted by molar-refractivity contribution is 5.83. The summed E-state index contributed by atoms with van der Waals surface area (Å²) in [6, 6.07) is 0. The number of nitrogen functional groups attached to an aromatic ring is 2. The average Bonchev–Trinajstić information content (AvgIpc) is 3.00. The van der Waals surface area contributed by atoms with Gasteiger partial charge in [0.15, 0.2) is 17.1 Å². The van der Waals surface area contributed by atoms with Crippen LogP contribution in [0.2, 0.25) is 0 Å². The van der Waals surface area contributed by atoms with E-state index in [1.807, 2.05) is 0 Å². The average molecular weight is 300 g/mol. The van der Waals surface area contributed by atoms with Crippen LogP contribution in [0, 0.1) is 0 Å². The first-order valence-electron chi connectivity index (χ1n) is 6.01. The molecule has 12 heteroatoms. The van der Waals surface area contributed by atoms with E-state index in [2.05, 4.69) is 29.9 Å². The molecule has 0 unspecified atom stereocenters. The molecule has 0 fully saturated rings. The van der Waals surface area contributed by atoms with E-state index in [9.17, 15) is 9.59 Å². The Morgan fingerprint density at radius 2 is 1.86 bits per heavy atom. The summed E-state index contributed by atoms with van der Waals surface area (Å²) in [5, 5.41) is 0. The summed E-state index contributed by atoms with van der Waals surface area (Å²) in [6.45, 7) is 0. The first kappa shape index (κ1) is 12.1. The Labute approximate surface area is 119 Å². The molecule has 0 atom stereocenters. The van der Waals surface area contributed by atoms with Gasteiger partial charge in [0.2, 0.25) is 0 Å². The number of anilines is 2. The van der Waals surface area contributed by atoms with Gasteiger partial charge >= 0.3 is 11.4 Å². The summed E-state index contributed by atoms with van der Waals surface area (Å²) in [5.41, 5.74) is 11.0. The summed E-state index contributed by atoms with van der Waals surface area (Å²) < 4.78 is 2.39. The molecule has 0 saturated carbocycles. The Bertz CT molecular complexity index is 1150. The second-order valence-corrected chi connectivity index (χ2v) is 4.42. The summed E-state index contributed by atoms with van der Waals surface area (Å²) in [6.07, 6.45) is 2.52. The molecular formula is C10H8N10O2. The van der Waals surface area contributed by atoms with Crippen LogP contribution in [-0.2, 0) is 0 Å². The van der Waals surface area contributed by atoms with Gasteiger partial charge in [-0.3, -0.25) is 9.97 Å². The molecule has 4 heterocycles. The van der Waals surface area contributed by atoms with Gasteiger partial charge in [0.05, 0.1) is 0 Å². The van der Waals surface area contributed by atoms with Crippen LogP contribution < -0.4 is 22.8 Å². The lowest BCUT2D eigenvalue weighted by Crippen LogP contribution is -2.24. The van der Waals surface area contributed by atoms with E-state index in [0.717, 1.165) is 4.68 Å². The molecule has 110 valence electrons. The first-order valence-corrected chi connectivity index (χ1v) is 6.01. The smallest absolute Gasteiger partial charge is 0.348 e. The molecule has 4 aromatic heterocycles. The molecule has 0 aromatic carbocycles. The van der Waals surface area contributed by atoms with Crippen molar-refractivity contribution in [3.05, 3.63) is 33.6 Å². The zero-order chi connectivity index (χ0) is 15.4. The van der Waals surface area contributed by atoms with Crippen molar-refractivity contribution in [3.63, 3.8) is 0 Å². The third-order valence-corrected chi connectivity index (χ3v) is 3.13. The number of imidazole rings is 2. The molecule has 0 aliphatic carbocycles. The minimum absolute atomic E-state index is 0.0516. The van der Waals surface area contributed by atoms with Crippen LogP contribution in [0.15, 0.2) is 22.2 Å². The van der Waals surface area contributed by atoms with E-state index in [-0.39, 0.29) is 34.0 Å². The second kappa shape index (κ2) is 3.91. The fraction of sp³-hybridized carbons (Fsp3) is 0. The summed E-state index contributed by atoms with van der Waals surface area (Å²) >= 11 is 0. The molecule has 4 rings (SSSR count). The van der Waals surface area contributed by atoms with Gasteiger partial charge in [-0.2, -0.15) is 9.66 Å². The Morgan fingerprint density at radius 3 is 2.68 bits per heavy atom. The molecule has 0 amide bonds. The number of nitrogens with two attached hydrogens (primary N) is 2. The lowest BCUT2D eigenvalue weighted by molar-refractivity contribution is 0.660. The fourth-order valence-corrected chi connectivity index (χ4v) is 2.20. The maximum Gasteiger partial charge on any atom is 0.348 e. The predicted molar refractivity (Wildman–Crippen MR) is 75.9 cm³/mol. The van der Waals surface area contributed by atoms with Crippen molar-refractivity contribution < 1.29 is 0 Å². The van der Waals surface area contributed by atoms with Crippen LogP contribution in [0.25, 0.3) is 22.3 Å². The molecular weight excluding hydrogens is 292 g/mol. The van der Waals surface area contributed by atoms with Crippen LogP contribution in [0.1, 0.15) is 0 Å². The standard InChI is InChI=1S/C10H8N10O2/c11-5-4-7(14-1-13-5)20(10(22)16-4)19-2-15-3-6(12)17-9(21)18-8(3)19/h1-2H,(H,16,22)(H2,11,13,14)(H3,12,17,18,21). The van der Waals surface area contributed by atoms with Crippen molar-refractivity contribution in [2.24, 2.45) is 0 Å². The van der Waals surface area contributed by atoms with Gasteiger partial charge in [0, 0.05) is 0 Å². The minimum atomic E-state index is -0.659. The summed E-state index contributed by atoms with van der Waals surface area (Å²) in [4.78, 5) is 44.2. The SMILES string of the molecule is Nc1[nH]c(=O)nc2c1ncn2-n1c(=O)[nH]c2c(N)ncnc21. The highest BCUT2D eigenvalue weighted by Gasteiger charge is 2.17. The molecule has 6 N–H and O–H groups in total. The maximum absolute atomic E-state index is 12.2. The molecule has 0 saturated heterocycles. The zero-order valence-corrected chi connectivity index (χ0v) is 10.8. The Balaban J connectivity index is 2.17. The normalized spacial score (nSPS) is 11.5. The van der Waals surface area contributed by atoms with E-state index in [4.69, 9.17) is 11.5 Å². The third kappa shape index (κ3) is 1.45. The number of fused-ring (bicyclic) bond motifs is 2. The van der Waals surface area contributed by atoms with E-state index < -0.39 is 11.4 Å². The lowest BCUT2D eigenvalue weighted by atomic mass is 10.5. The van der Waals surface area contributed by atoms with Crippen molar-refractivity contribution in [3.8, 4) is 0 Å². The Morgan fingerprint density at radius 1 is 1.05 bits per heavy atom. The van der Waals surface area contributed by atoms with E-state index >= 15 is 0 Å². The van der Waals surface area contributed by atoms with E-state index in [1.54, 1.807) is 0 Å². The largest absolute Gasteiger partial charge is 0.383 e. The number of nitrogens with zero attached hydrogens (tertiary/aromatic N) is 6. The number of rotatable bonds is 1. The van der Waals surface area contributed by atoms with Crippen molar-refractivity contribution in [1.82, 2.24) is 39.3 Å². The number of aromatic amines is 2. The number of hydrogen-bond acceptors (Lipinski definition) is 8.